The van der Waals surface area contributed by atoms with E-state index in [0.717, 1.165) is 12.0 Å². The average molecular weight is 180 g/mol. The molecule has 0 bridgehead atoms. The monoisotopic (exact) mass is 180 g/mol. The molecule has 2 heteroatoms. The molecule has 13 heavy (non-hydrogen) atoms. The van der Waals surface area contributed by atoms with E-state index in [1.54, 1.807) is 12.1 Å². The van der Waals surface area contributed by atoms with Gasteiger partial charge in [-0.05, 0) is 23.5 Å². The van der Waals surface area contributed by atoms with E-state index >= 15 is 0 Å². The summed E-state index contributed by atoms with van der Waals surface area (Å²) < 4.78 is 0. The summed E-state index contributed by atoms with van der Waals surface area (Å²) in [4.78, 5) is 0. The number of hydrogen-bond acceptors (Lipinski definition) is 2. The summed E-state index contributed by atoms with van der Waals surface area (Å²) in [5.74, 6) is 0.282. The lowest BCUT2D eigenvalue weighted by atomic mass is 9.88. The second-order valence-corrected chi connectivity index (χ2v) is 4.55. The van der Waals surface area contributed by atoms with Gasteiger partial charge in [0.15, 0.2) is 0 Å². The molecule has 0 amide bonds. The Morgan fingerprint density at radius 1 is 1.15 bits per heavy atom. The third-order valence-corrected chi connectivity index (χ3v) is 1.79. The van der Waals surface area contributed by atoms with Crippen molar-refractivity contribution in [3.63, 3.8) is 0 Å². The molecule has 0 saturated heterocycles. The Balaban J connectivity index is 2.90. The number of phenols is 2. The van der Waals surface area contributed by atoms with Crippen LogP contribution in [0.5, 0.6) is 11.5 Å². The van der Waals surface area contributed by atoms with Crippen LogP contribution in [0.15, 0.2) is 18.2 Å². The molecule has 2 nitrogen and oxygen atoms in total. The van der Waals surface area contributed by atoms with E-state index in [-0.39, 0.29) is 16.9 Å². The number of hydrogen-bond donors (Lipinski definition) is 2. The normalized spacial score (nSPS) is 11.6. The number of rotatable bonds is 1. The molecule has 2 N–H and O–H groups in total. The fourth-order valence-electron chi connectivity index (χ4n) is 1.27. The Morgan fingerprint density at radius 3 is 2.23 bits per heavy atom. The van der Waals surface area contributed by atoms with Crippen LogP contribution in [-0.2, 0) is 6.42 Å². The van der Waals surface area contributed by atoms with Crippen LogP contribution in [0, 0.1) is 5.41 Å². The van der Waals surface area contributed by atoms with Gasteiger partial charge < -0.3 is 10.2 Å². The third-order valence-electron chi connectivity index (χ3n) is 1.79. The smallest absolute Gasteiger partial charge is 0.122 e. The van der Waals surface area contributed by atoms with Crippen LogP contribution in [0.3, 0.4) is 0 Å². The molecule has 0 aliphatic heterocycles. The molecule has 0 heterocycles. The second-order valence-electron chi connectivity index (χ2n) is 4.55. The molecule has 0 unspecified atom stereocenters. The summed E-state index contributed by atoms with van der Waals surface area (Å²) in [6, 6.07) is 4.73. The Hall–Kier alpha value is -1.18. The molecule has 0 aromatic heterocycles. The van der Waals surface area contributed by atoms with Crippen molar-refractivity contribution in [2.24, 2.45) is 5.41 Å². The van der Waals surface area contributed by atoms with E-state index in [2.05, 4.69) is 20.8 Å². The second kappa shape index (κ2) is 3.29. The Morgan fingerprint density at radius 2 is 1.77 bits per heavy atom. The molecule has 0 spiro atoms. The predicted molar refractivity (Wildman–Crippen MR) is 52.9 cm³/mol. The number of benzene rings is 1. The van der Waals surface area contributed by atoms with E-state index in [9.17, 15) is 5.11 Å². The highest BCUT2D eigenvalue weighted by Crippen LogP contribution is 2.28. The van der Waals surface area contributed by atoms with Gasteiger partial charge in [-0.15, -0.1) is 0 Å². The van der Waals surface area contributed by atoms with Crippen LogP contribution in [0.25, 0.3) is 0 Å². The van der Waals surface area contributed by atoms with Crippen molar-refractivity contribution in [3.8, 4) is 11.5 Å². The molecule has 0 fully saturated rings. The van der Waals surface area contributed by atoms with Gasteiger partial charge in [0.1, 0.15) is 11.5 Å². The molecule has 0 radical (unpaired) electrons. The van der Waals surface area contributed by atoms with Gasteiger partial charge in [0, 0.05) is 6.07 Å². The molecule has 0 atom stereocenters. The topological polar surface area (TPSA) is 40.5 Å². The van der Waals surface area contributed by atoms with Crippen molar-refractivity contribution < 1.29 is 10.2 Å². The van der Waals surface area contributed by atoms with Crippen LogP contribution < -0.4 is 0 Å². The largest absolute Gasteiger partial charge is 0.508 e. The zero-order valence-corrected chi connectivity index (χ0v) is 8.33. The molecule has 0 aliphatic carbocycles. The first-order valence-corrected chi connectivity index (χ1v) is 4.39. The van der Waals surface area contributed by atoms with Gasteiger partial charge in [-0.25, -0.2) is 0 Å². The lowest BCUT2D eigenvalue weighted by Crippen LogP contribution is -2.09. The van der Waals surface area contributed by atoms with Crippen LogP contribution in [0.1, 0.15) is 26.3 Å². The Bertz CT molecular complexity index is 297. The van der Waals surface area contributed by atoms with Gasteiger partial charge in [-0.2, -0.15) is 0 Å². The fraction of sp³-hybridized carbons (Fsp3) is 0.455. The van der Waals surface area contributed by atoms with Crippen molar-refractivity contribution in [1.82, 2.24) is 0 Å². The van der Waals surface area contributed by atoms with Gasteiger partial charge >= 0.3 is 0 Å². The van der Waals surface area contributed by atoms with Gasteiger partial charge in [0.25, 0.3) is 0 Å². The molecule has 72 valence electrons. The van der Waals surface area contributed by atoms with E-state index < -0.39 is 0 Å². The molecule has 1 rings (SSSR count). The first-order chi connectivity index (χ1) is 5.88. The lowest BCUT2D eigenvalue weighted by Gasteiger charge is -2.18. The van der Waals surface area contributed by atoms with E-state index in [1.807, 2.05) is 0 Å². The van der Waals surface area contributed by atoms with E-state index in [1.165, 1.54) is 6.07 Å². The molecule has 1 aromatic carbocycles. The molecule has 1 aromatic rings. The van der Waals surface area contributed by atoms with Crippen LogP contribution in [0.4, 0.5) is 0 Å². The number of aromatic hydroxyl groups is 2. The minimum Gasteiger partial charge on any atom is -0.508 e. The van der Waals surface area contributed by atoms with Crippen LogP contribution >= 0.6 is 0 Å². The van der Waals surface area contributed by atoms with Crippen LogP contribution in [0.2, 0.25) is 0 Å². The van der Waals surface area contributed by atoms with Crippen molar-refractivity contribution in [3.05, 3.63) is 23.8 Å². The molecule has 0 aliphatic rings. The highest BCUT2D eigenvalue weighted by Gasteiger charge is 2.13. The fourth-order valence-corrected chi connectivity index (χ4v) is 1.27. The zero-order chi connectivity index (χ0) is 10.1. The highest BCUT2D eigenvalue weighted by molar-refractivity contribution is 5.39. The summed E-state index contributed by atoms with van der Waals surface area (Å²) in [7, 11) is 0. The molecular formula is C11H16O2. The third kappa shape index (κ3) is 2.98. The summed E-state index contributed by atoms with van der Waals surface area (Å²) in [5.41, 5.74) is 1.03. The van der Waals surface area contributed by atoms with Crippen molar-refractivity contribution >= 4 is 0 Å². The maximum Gasteiger partial charge on any atom is 0.122 e. The first kappa shape index (κ1) is 9.90. The maximum absolute atomic E-state index is 9.49. The van der Waals surface area contributed by atoms with E-state index in [0.29, 0.717) is 0 Å². The van der Waals surface area contributed by atoms with Gasteiger partial charge in [0.05, 0.1) is 0 Å². The lowest BCUT2D eigenvalue weighted by molar-refractivity contribution is 0.392. The summed E-state index contributed by atoms with van der Waals surface area (Å²) in [6.07, 6.45) is 0.805. The zero-order valence-electron chi connectivity index (χ0n) is 8.33. The van der Waals surface area contributed by atoms with Crippen molar-refractivity contribution in [2.45, 2.75) is 27.2 Å². The van der Waals surface area contributed by atoms with Gasteiger partial charge in [0.2, 0.25) is 0 Å². The quantitative estimate of drug-likeness (QED) is 0.697. The van der Waals surface area contributed by atoms with E-state index in [4.69, 9.17) is 5.11 Å². The molecular weight excluding hydrogens is 164 g/mol. The first-order valence-electron chi connectivity index (χ1n) is 4.39. The maximum atomic E-state index is 9.49. The summed E-state index contributed by atoms with van der Waals surface area (Å²) >= 11 is 0. The molecule has 0 saturated carbocycles. The Kier molecular flexibility index (Phi) is 2.50. The highest BCUT2D eigenvalue weighted by atomic mass is 16.3. The van der Waals surface area contributed by atoms with Gasteiger partial charge in [-0.3, -0.25) is 0 Å². The Labute approximate surface area is 78.8 Å². The SMILES string of the molecule is CC(C)(C)Cc1ccc(O)cc1O. The van der Waals surface area contributed by atoms with Crippen LogP contribution in [-0.4, -0.2) is 10.2 Å². The predicted octanol–water partition coefficient (Wildman–Crippen LogP) is 2.69. The summed E-state index contributed by atoms with van der Waals surface area (Å²) in [6.45, 7) is 6.33. The van der Waals surface area contributed by atoms with Crippen molar-refractivity contribution in [2.75, 3.05) is 0 Å². The minimum absolute atomic E-state index is 0.107. The van der Waals surface area contributed by atoms with Gasteiger partial charge in [-0.1, -0.05) is 26.8 Å². The average Bonchev–Trinajstić information content (AvgIpc) is 1.93. The minimum atomic E-state index is 0.107. The standard InChI is InChI=1S/C11H16O2/c1-11(2,3)7-8-4-5-9(12)6-10(8)13/h4-6,12-13H,7H2,1-3H3. The number of phenolic OH excluding ortho intramolecular Hbond substituents is 2. The van der Waals surface area contributed by atoms with Crippen molar-refractivity contribution in [1.29, 1.82) is 0 Å². The summed E-state index contributed by atoms with van der Waals surface area (Å²) in [5, 5.41) is 18.6.